The summed E-state index contributed by atoms with van der Waals surface area (Å²) >= 11 is 2.87. The van der Waals surface area contributed by atoms with Crippen molar-refractivity contribution in [2.45, 2.75) is 26.2 Å². The number of rotatable bonds is 4. The van der Waals surface area contributed by atoms with Gasteiger partial charge in [-0.1, -0.05) is 29.3 Å². The van der Waals surface area contributed by atoms with Crippen LogP contribution in [0.25, 0.3) is 0 Å². The second-order valence-corrected chi connectivity index (χ2v) is 3.36. The average molecular weight is 230 g/mol. The van der Waals surface area contributed by atoms with Crippen molar-refractivity contribution < 1.29 is 12.9 Å². The quantitative estimate of drug-likeness (QED) is 0.643. The van der Waals surface area contributed by atoms with Gasteiger partial charge in [0.1, 0.15) is 0 Å². The van der Waals surface area contributed by atoms with Crippen molar-refractivity contribution in [1.82, 2.24) is 0 Å². The van der Waals surface area contributed by atoms with Gasteiger partial charge in [-0.15, -0.1) is 5.98 Å². The largest absolute Gasteiger partial charge is 0.503 e. The molecule has 0 aliphatic heterocycles. The predicted octanol–water partition coefficient (Wildman–Crippen LogP) is 3.84. The molecule has 0 saturated heterocycles. The second kappa shape index (κ2) is 4.85. The highest BCUT2D eigenvalue weighted by Crippen LogP contribution is 2.20. The Bertz CT molecular complexity index is 141. The molecule has 0 saturated carbocycles. The minimum absolute atomic E-state index is 0.256. The molecule has 0 aromatic heterocycles. The maximum absolute atomic E-state index is 11.7. The normalized spacial score (nSPS) is 13.7. The first-order chi connectivity index (χ1) is 4.95. The van der Waals surface area contributed by atoms with Crippen LogP contribution < -0.4 is 0 Å². The summed E-state index contributed by atoms with van der Waals surface area (Å²) in [5.74, 6) is 0.357. The third kappa shape index (κ3) is 7.98. The summed E-state index contributed by atoms with van der Waals surface area (Å²) in [5, 5.41) is 0. The van der Waals surface area contributed by atoms with E-state index in [-0.39, 0.29) is 4.48 Å². The molecular formula is C6H10BBrF3-. The predicted molar refractivity (Wildman–Crippen MR) is 45.6 cm³/mol. The van der Waals surface area contributed by atoms with Crippen molar-refractivity contribution in [3.63, 3.8) is 0 Å². The Kier molecular flexibility index (Phi) is 4.89. The third-order valence-electron chi connectivity index (χ3n) is 1.14. The molecule has 11 heavy (non-hydrogen) atoms. The van der Waals surface area contributed by atoms with Gasteiger partial charge in [-0.05, 0) is 17.3 Å². The summed E-state index contributed by atoms with van der Waals surface area (Å²) in [5.41, 5.74) is 0. The van der Waals surface area contributed by atoms with Crippen molar-refractivity contribution in [1.29, 1.82) is 0 Å². The zero-order chi connectivity index (χ0) is 8.91. The zero-order valence-electron chi connectivity index (χ0n) is 6.29. The summed E-state index contributed by atoms with van der Waals surface area (Å²) in [6.45, 7) is -2.83. The van der Waals surface area contributed by atoms with Crippen LogP contribution in [0.15, 0.2) is 10.5 Å². The van der Waals surface area contributed by atoms with E-state index >= 15 is 0 Å². The van der Waals surface area contributed by atoms with Gasteiger partial charge in [0.2, 0.25) is 0 Å². The lowest BCUT2D eigenvalue weighted by Crippen LogP contribution is -2.10. The number of unbranched alkanes of at least 4 members (excludes halogenated alkanes) is 1. The fraction of sp³-hybridized carbons (Fsp3) is 0.667. The smallest absolute Gasteiger partial charge is 0.445 e. The number of hydrogen-bond donors (Lipinski definition) is 0. The van der Waals surface area contributed by atoms with Gasteiger partial charge in [-0.3, -0.25) is 0 Å². The zero-order valence-corrected chi connectivity index (χ0v) is 7.87. The Balaban J connectivity index is 3.81. The number of hydrogen-bond acceptors (Lipinski definition) is 0. The number of halogens is 4. The standard InChI is InChI=1S/C6H10BBrF3/c1-2-3-4-6(8)5-7(9,10)11/h5H,2-4H2,1H3/q-1. The van der Waals surface area contributed by atoms with Gasteiger partial charge in [-0.2, -0.15) is 0 Å². The van der Waals surface area contributed by atoms with Crippen molar-refractivity contribution >= 4 is 22.9 Å². The first-order valence-electron chi connectivity index (χ1n) is 3.53. The van der Waals surface area contributed by atoms with Gasteiger partial charge in [-0.25, -0.2) is 0 Å². The monoisotopic (exact) mass is 229 g/mol. The van der Waals surface area contributed by atoms with Crippen LogP contribution >= 0.6 is 15.9 Å². The molecule has 66 valence electrons. The third-order valence-corrected chi connectivity index (χ3v) is 1.80. The van der Waals surface area contributed by atoms with Gasteiger partial charge in [0.25, 0.3) is 0 Å². The molecule has 0 spiro atoms. The van der Waals surface area contributed by atoms with Gasteiger partial charge >= 0.3 is 6.98 Å². The van der Waals surface area contributed by atoms with Crippen molar-refractivity contribution in [3.05, 3.63) is 10.5 Å². The molecule has 0 amide bonds. The fourth-order valence-corrected chi connectivity index (χ4v) is 1.21. The summed E-state index contributed by atoms with van der Waals surface area (Å²) in [6, 6.07) is 0. The van der Waals surface area contributed by atoms with Crippen LogP contribution in [0.5, 0.6) is 0 Å². The topological polar surface area (TPSA) is 0 Å². The van der Waals surface area contributed by atoms with Crippen LogP contribution in [0.2, 0.25) is 0 Å². The Morgan fingerprint density at radius 2 is 2.00 bits per heavy atom. The summed E-state index contributed by atoms with van der Waals surface area (Å²) in [4.78, 5) is 0. The van der Waals surface area contributed by atoms with Crippen LogP contribution in [-0.4, -0.2) is 6.98 Å². The van der Waals surface area contributed by atoms with Gasteiger partial charge in [0.15, 0.2) is 0 Å². The van der Waals surface area contributed by atoms with E-state index in [2.05, 4.69) is 15.9 Å². The molecule has 0 aromatic carbocycles. The van der Waals surface area contributed by atoms with Crippen molar-refractivity contribution in [2.24, 2.45) is 0 Å². The van der Waals surface area contributed by atoms with Crippen LogP contribution in [0, 0.1) is 0 Å². The first kappa shape index (κ1) is 11.1. The Hall–Kier alpha value is 0.0749. The molecule has 0 aromatic rings. The molecule has 0 fully saturated rings. The van der Waals surface area contributed by atoms with E-state index in [0.717, 1.165) is 12.8 Å². The number of allylic oxidation sites excluding steroid dienone is 1. The van der Waals surface area contributed by atoms with Gasteiger partial charge in [0, 0.05) is 0 Å². The molecule has 0 N–H and O–H groups in total. The van der Waals surface area contributed by atoms with Gasteiger partial charge < -0.3 is 12.9 Å². The molecular weight excluding hydrogens is 220 g/mol. The second-order valence-electron chi connectivity index (χ2n) is 2.34. The minimum atomic E-state index is -4.77. The molecule has 0 aliphatic rings. The van der Waals surface area contributed by atoms with E-state index in [1.807, 2.05) is 6.92 Å². The lowest BCUT2D eigenvalue weighted by atomic mass is 9.91. The molecule has 0 rings (SSSR count). The highest BCUT2D eigenvalue weighted by Gasteiger charge is 2.18. The molecule has 0 heterocycles. The molecule has 0 bridgehead atoms. The maximum atomic E-state index is 11.7. The summed E-state index contributed by atoms with van der Waals surface area (Å²) in [7, 11) is 0. The Labute approximate surface area is 73.0 Å². The molecule has 0 radical (unpaired) electrons. The average Bonchev–Trinajstić information content (AvgIpc) is 1.79. The summed E-state index contributed by atoms with van der Waals surface area (Å²) < 4.78 is 35.3. The van der Waals surface area contributed by atoms with Crippen LogP contribution in [0.3, 0.4) is 0 Å². The van der Waals surface area contributed by atoms with Gasteiger partial charge in [0.05, 0.1) is 0 Å². The first-order valence-corrected chi connectivity index (χ1v) is 4.32. The molecule has 5 heteroatoms. The van der Waals surface area contributed by atoms with E-state index in [0.29, 0.717) is 12.4 Å². The van der Waals surface area contributed by atoms with E-state index in [9.17, 15) is 12.9 Å². The maximum Gasteiger partial charge on any atom is 0.503 e. The molecule has 0 atom stereocenters. The highest BCUT2D eigenvalue weighted by atomic mass is 79.9. The van der Waals surface area contributed by atoms with Crippen LogP contribution in [-0.2, 0) is 0 Å². The lowest BCUT2D eigenvalue weighted by molar-refractivity contribution is 0.498. The summed E-state index contributed by atoms with van der Waals surface area (Å²) in [6.07, 6.45) is 2.19. The SMILES string of the molecule is CCCCC(Br)=C[B-](F)(F)F. The van der Waals surface area contributed by atoms with Crippen molar-refractivity contribution in [3.8, 4) is 0 Å². The molecule has 0 nitrogen and oxygen atoms in total. The lowest BCUT2D eigenvalue weighted by Gasteiger charge is -2.08. The molecule has 0 unspecified atom stereocenters. The van der Waals surface area contributed by atoms with E-state index in [1.165, 1.54) is 0 Å². The van der Waals surface area contributed by atoms with E-state index in [1.54, 1.807) is 0 Å². The highest BCUT2D eigenvalue weighted by molar-refractivity contribution is 9.11. The van der Waals surface area contributed by atoms with Crippen LogP contribution in [0.4, 0.5) is 12.9 Å². The van der Waals surface area contributed by atoms with E-state index < -0.39 is 6.98 Å². The Morgan fingerprint density at radius 1 is 1.45 bits per heavy atom. The van der Waals surface area contributed by atoms with Crippen LogP contribution in [0.1, 0.15) is 26.2 Å². The van der Waals surface area contributed by atoms with E-state index in [4.69, 9.17) is 0 Å². The fourth-order valence-electron chi connectivity index (χ4n) is 0.634. The minimum Gasteiger partial charge on any atom is -0.445 e. The Morgan fingerprint density at radius 3 is 2.36 bits per heavy atom. The van der Waals surface area contributed by atoms with Crippen molar-refractivity contribution in [2.75, 3.05) is 0 Å². The molecule has 0 aliphatic carbocycles.